The highest BCUT2D eigenvalue weighted by atomic mass is 16.5. The van der Waals surface area contributed by atoms with Crippen molar-refractivity contribution in [3.8, 4) is 23.3 Å². The molecule has 168 valence electrons. The lowest BCUT2D eigenvalue weighted by atomic mass is 10.1. The van der Waals surface area contributed by atoms with Crippen molar-refractivity contribution in [2.45, 2.75) is 12.8 Å². The molecule has 4 rings (SSSR count). The molecule has 1 fully saturated rings. The fourth-order valence-corrected chi connectivity index (χ4v) is 3.16. The Morgan fingerprint density at radius 3 is 2.88 bits per heavy atom. The SMILES string of the molecule is [2H]C([2H])([2H])NC(=O)c1nnc(N=C(NC#N)C2CC2)cc1Nc1cccc(-c2ncn(C)n2)c1OC. The van der Waals surface area contributed by atoms with Gasteiger partial charge < -0.3 is 15.4 Å². The summed E-state index contributed by atoms with van der Waals surface area (Å²) >= 11 is 0. The largest absolute Gasteiger partial charge is 0.494 e. The fraction of sp³-hybridized carbons (Fsp3) is 0.286. The molecule has 1 saturated carbocycles. The van der Waals surface area contributed by atoms with E-state index in [4.69, 9.17) is 14.1 Å². The molecule has 0 radical (unpaired) electrons. The summed E-state index contributed by atoms with van der Waals surface area (Å²) in [6, 6.07) is 6.66. The van der Waals surface area contributed by atoms with Gasteiger partial charge >= 0.3 is 0 Å². The summed E-state index contributed by atoms with van der Waals surface area (Å²) < 4.78 is 29.3. The maximum Gasteiger partial charge on any atom is 0.273 e. The van der Waals surface area contributed by atoms with Gasteiger partial charge in [0.05, 0.1) is 24.0 Å². The molecule has 1 aliphatic rings. The van der Waals surface area contributed by atoms with Crippen molar-refractivity contribution in [1.29, 1.82) is 5.26 Å². The number of para-hydroxylation sites is 1. The molecule has 33 heavy (non-hydrogen) atoms. The molecule has 0 aliphatic heterocycles. The molecule has 1 aliphatic carbocycles. The van der Waals surface area contributed by atoms with Gasteiger partial charge in [0.25, 0.3) is 5.91 Å². The number of amides is 1. The Labute approximate surface area is 193 Å². The van der Waals surface area contributed by atoms with Gasteiger partial charge in [-0.1, -0.05) is 6.07 Å². The van der Waals surface area contributed by atoms with Gasteiger partial charge in [-0.2, -0.15) is 10.4 Å². The Morgan fingerprint density at radius 2 is 2.21 bits per heavy atom. The Balaban J connectivity index is 1.77. The number of nitrogens with one attached hydrogen (secondary N) is 3. The first-order valence-corrected chi connectivity index (χ1v) is 9.92. The van der Waals surface area contributed by atoms with Crippen LogP contribution in [0.5, 0.6) is 5.75 Å². The summed E-state index contributed by atoms with van der Waals surface area (Å²) in [5.74, 6) is 0.529. The Morgan fingerprint density at radius 1 is 1.36 bits per heavy atom. The summed E-state index contributed by atoms with van der Waals surface area (Å²) in [6.07, 6.45) is 5.18. The molecule has 2 aromatic heterocycles. The maximum absolute atomic E-state index is 12.7. The minimum atomic E-state index is -2.73. The van der Waals surface area contributed by atoms with E-state index in [1.165, 1.54) is 13.2 Å². The Hall–Kier alpha value is -4.53. The van der Waals surface area contributed by atoms with Crippen LogP contribution in [0.15, 0.2) is 35.6 Å². The van der Waals surface area contributed by atoms with Crippen LogP contribution in [0.4, 0.5) is 17.2 Å². The average molecular weight is 449 g/mol. The van der Waals surface area contributed by atoms with Gasteiger partial charge in [-0.15, -0.1) is 10.2 Å². The van der Waals surface area contributed by atoms with Crippen LogP contribution in [-0.2, 0) is 7.05 Å². The second kappa shape index (κ2) is 9.31. The summed E-state index contributed by atoms with van der Waals surface area (Å²) in [7, 11) is 3.22. The Bertz CT molecular complexity index is 1360. The van der Waals surface area contributed by atoms with E-state index in [0.29, 0.717) is 28.7 Å². The molecule has 0 spiro atoms. The van der Waals surface area contributed by atoms with Crippen molar-refractivity contribution < 1.29 is 13.6 Å². The van der Waals surface area contributed by atoms with E-state index >= 15 is 0 Å². The molecule has 0 atom stereocenters. The third-order valence-corrected chi connectivity index (χ3v) is 4.82. The van der Waals surface area contributed by atoms with E-state index < -0.39 is 12.9 Å². The zero-order valence-electron chi connectivity index (χ0n) is 20.8. The topological polar surface area (TPSA) is 155 Å². The number of hydrogen-bond acceptors (Lipinski definition) is 9. The van der Waals surface area contributed by atoms with Crippen LogP contribution in [0.1, 0.15) is 27.4 Å². The number of ether oxygens (including phenoxy) is 1. The van der Waals surface area contributed by atoms with E-state index in [1.807, 2.05) is 11.5 Å². The molecule has 0 unspecified atom stereocenters. The normalized spacial score (nSPS) is 14.9. The summed E-state index contributed by atoms with van der Waals surface area (Å²) in [5, 5.41) is 28.8. The van der Waals surface area contributed by atoms with E-state index in [9.17, 15) is 4.79 Å². The van der Waals surface area contributed by atoms with E-state index in [2.05, 4.69) is 35.9 Å². The zero-order chi connectivity index (χ0) is 25.9. The molecule has 2 heterocycles. The first kappa shape index (κ1) is 18.1. The number of anilines is 2. The number of nitrogens with zero attached hydrogens (tertiary/aromatic N) is 7. The van der Waals surface area contributed by atoms with Crippen LogP contribution in [0.3, 0.4) is 0 Å². The number of aryl methyl sites for hydroxylation is 1. The molecule has 3 aromatic rings. The molecular weight excluding hydrogens is 424 g/mol. The van der Waals surface area contributed by atoms with Crippen LogP contribution in [0.2, 0.25) is 0 Å². The number of methoxy groups -OCH3 is 1. The van der Waals surface area contributed by atoms with Crippen molar-refractivity contribution in [3.05, 3.63) is 36.3 Å². The highest BCUT2D eigenvalue weighted by molar-refractivity contribution is 5.99. The van der Waals surface area contributed by atoms with E-state index in [0.717, 1.165) is 12.8 Å². The molecule has 0 saturated heterocycles. The van der Waals surface area contributed by atoms with Gasteiger partial charge in [0.2, 0.25) is 0 Å². The van der Waals surface area contributed by atoms with Crippen molar-refractivity contribution in [2.24, 2.45) is 18.0 Å². The second-order valence-corrected chi connectivity index (χ2v) is 7.18. The smallest absolute Gasteiger partial charge is 0.273 e. The van der Waals surface area contributed by atoms with Gasteiger partial charge in [-0.25, -0.2) is 9.98 Å². The standard InChI is InChI=1S/C21H22N10O2/c1-23-21(32)17-15(9-16(28-29-17)27-19(24-10-22)12-7-8-12)26-14-6-4-5-13(18(14)33-3)20-25-11-31(2)30-20/h4-6,9,11-12H,7-8H2,1-3H3,(H,23,32)(H2,24,26,27,28)/i1D3. The maximum atomic E-state index is 12.7. The summed E-state index contributed by atoms with van der Waals surface area (Å²) in [5.41, 5.74) is 0.883. The lowest BCUT2D eigenvalue weighted by Crippen LogP contribution is -2.22. The molecule has 0 bridgehead atoms. The molecule has 3 N–H and O–H groups in total. The zero-order valence-corrected chi connectivity index (χ0v) is 17.8. The number of benzene rings is 1. The van der Waals surface area contributed by atoms with Crippen molar-refractivity contribution in [1.82, 2.24) is 35.6 Å². The monoisotopic (exact) mass is 449 g/mol. The number of aliphatic imine (C=N–C) groups is 1. The number of nitriles is 1. The third-order valence-electron chi connectivity index (χ3n) is 4.82. The average Bonchev–Trinajstić information content (AvgIpc) is 3.58. The predicted octanol–water partition coefficient (Wildman–Crippen LogP) is 1.89. The van der Waals surface area contributed by atoms with Crippen LogP contribution in [0, 0.1) is 17.4 Å². The van der Waals surface area contributed by atoms with Crippen LogP contribution < -0.4 is 20.7 Å². The molecule has 12 heteroatoms. The summed E-state index contributed by atoms with van der Waals surface area (Å²) in [4.78, 5) is 21.3. The quantitative estimate of drug-likeness (QED) is 0.212. The molecule has 1 amide bonds. The van der Waals surface area contributed by atoms with E-state index in [-0.39, 0.29) is 23.1 Å². The van der Waals surface area contributed by atoms with Gasteiger partial charge in [0.1, 0.15) is 12.2 Å². The second-order valence-electron chi connectivity index (χ2n) is 7.18. The molecular formula is C21H22N10O2. The van der Waals surface area contributed by atoms with Gasteiger partial charge in [0, 0.05) is 30.1 Å². The lowest BCUT2D eigenvalue weighted by molar-refractivity contribution is 0.0958. The van der Waals surface area contributed by atoms with Crippen molar-refractivity contribution in [2.75, 3.05) is 19.4 Å². The number of hydrogen-bond donors (Lipinski definition) is 3. The Kier molecular flexibility index (Phi) is 5.10. The number of amidine groups is 1. The first-order valence-electron chi connectivity index (χ1n) is 11.4. The van der Waals surface area contributed by atoms with E-state index in [1.54, 1.807) is 36.3 Å². The summed E-state index contributed by atoms with van der Waals surface area (Å²) in [6.45, 7) is -2.73. The number of aromatic nitrogens is 5. The van der Waals surface area contributed by atoms with Crippen molar-refractivity contribution >= 4 is 28.9 Å². The fourth-order valence-electron chi connectivity index (χ4n) is 3.16. The molecule has 1 aromatic carbocycles. The van der Waals surface area contributed by atoms with Crippen LogP contribution in [0.25, 0.3) is 11.4 Å². The van der Waals surface area contributed by atoms with Gasteiger partial charge in [0.15, 0.2) is 29.3 Å². The number of rotatable bonds is 7. The van der Waals surface area contributed by atoms with Crippen LogP contribution >= 0.6 is 0 Å². The van der Waals surface area contributed by atoms with Crippen LogP contribution in [-0.4, -0.2) is 50.8 Å². The lowest BCUT2D eigenvalue weighted by Gasteiger charge is -2.15. The predicted molar refractivity (Wildman–Crippen MR) is 120 cm³/mol. The minimum absolute atomic E-state index is 0.115. The number of carbonyl (C=O) groups is 1. The van der Waals surface area contributed by atoms with Gasteiger partial charge in [-0.3, -0.25) is 14.8 Å². The minimum Gasteiger partial charge on any atom is -0.494 e. The molecule has 12 nitrogen and oxygen atoms in total. The van der Waals surface area contributed by atoms with Crippen molar-refractivity contribution in [3.63, 3.8) is 0 Å². The number of carbonyl (C=O) groups excluding carboxylic acids is 1. The highest BCUT2D eigenvalue weighted by Gasteiger charge is 2.28. The third kappa shape index (κ3) is 4.72. The first-order chi connectivity index (χ1) is 17.2. The van der Waals surface area contributed by atoms with Gasteiger partial charge in [-0.05, 0) is 25.0 Å². The highest BCUT2D eigenvalue weighted by Crippen LogP contribution is 2.37.